The van der Waals surface area contributed by atoms with Crippen LogP contribution in [-0.4, -0.2) is 35.9 Å². The van der Waals surface area contributed by atoms with E-state index in [1.807, 2.05) is 89.1 Å². The summed E-state index contributed by atoms with van der Waals surface area (Å²) in [5.74, 6) is 1.03. The molecule has 152 valence electrons. The number of hydrogen-bond acceptors (Lipinski definition) is 5. The summed E-state index contributed by atoms with van der Waals surface area (Å²) in [7, 11) is 1.96. The van der Waals surface area contributed by atoms with Gasteiger partial charge in [0.2, 0.25) is 0 Å². The second-order valence-electron chi connectivity index (χ2n) is 7.10. The van der Waals surface area contributed by atoms with Gasteiger partial charge < -0.3 is 4.57 Å². The van der Waals surface area contributed by atoms with E-state index < -0.39 is 0 Å². The molecule has 3 heterocycles. The zero-order chi connectivity index (χ0) is 21.2. The van der Waals surface area contributed by atoms with Crippen LogP contribution in [0.2, 0.25) is 0 Å². The Morgan fingerprint density at radius 3 is 2.58 bits per heavy atom. The number of nitrogens with zero attached hydrogens (tertiary/aromatic N) is 5. The zero-order valence-electron chi connectivity index (χ0n) is 16.8. The van der Waals surface area contributed by atoms with Gasteiger partial charge in [0.05, 0.1) is 5.75 Å². The Hall–Kier alpha value is -3.71. The van der Waals surface area contributed by atoms with Gasteiger partial charge in [-0.1, -0.05) is 48.2 Å². The van der Waals surface area contributed by atoms with Crippen LogP contribution < -0.4 is 0 Å². The standard InChI is InChI=1S/C24H19N5OS/c1-28-15-20(19-11-5-6-12-21(19)28)22(30)16-31-24-27-26-23(17-8-7-13-25-14-17)29(24)18-9-3-2-4-10-18/h2-15H,16H2,1H3. The molecule has 0 aliphatic heterocycles. The number of Topliss-reactive ketones (excluding diaryl/α,β-unsaturated/α-hetero) is 1. The molecule has 0 radical (unpaired) electrons. The van der Waals surface area contributed by atoms with Crippen LogP contribution in [0.25, 0.3) is 28.0 Å². The monoisotopic (exact) mass is 425 g/mol. The molecule has 5 rings (SSSR count). The van der Waals surface area contributed by atoms with E-state index >= 15 is 0 Å². The van der Waals surface area contributed by atoms with E-state index in [0.29, 0.717) is 11.0 Å². The lowest BCUT2D eigenvalue weighted by Gasteiger charge is -2.10. The predicted octanol–water partition coefficient (Wildman–Crippen LogP) is 4.80. The summed E-state index contributed by atoms with van der Waals surface area (Å²) in [6, 6.07) is 21.7. The van der Waals surface area contributed by atoms with Gasteiger partial charge in [0.1, 0.15) is 0 Å². The normalized spacial score (nSPS) is 11.1. The summed E-state index contributed by atoms with van der Waals surface area (Å²) in [6.07, 6.45) is 5.39. The number of hydrogen-bond donors (Lipinski definition) is 0. The highest BCUT2D eigenvalue weighted by Crippen LogP contribution is 2.29. The Morgan fingerprint density at radius 1 is 0.968 bits per heavy atom. The Kier molecular flexibility index (Phi) is 5.09. The number of pyridine rings is 1. The van der Waals surface area contributed by atoms with Crippen molar-refractivity contribution in [2.45, 2.75) is 5.16 Å². The number of thioether (sulfide) groups is 1. The number of ketones is 1. The van der Waals surface area contributed by atoms with Gasteiger partial charge in [0.25, 0.3) is 0 Å². The first-order valence-electron chi connectivity index (χ1n) is 9.83. The molecule has 0 bridgehead atoms. The van der Waals surface area contributed by atoms with Crippen molar-refractivity contribution in [2.24, 2.45) is 7.05 Å². The molecule has 0 saturated heterocycles. The number of fused-ring (bicyclic) bond motifs is 1. The van der Waals surface area contributed by atoms with Crippen LogP contribution in [0.15, 0.2) is 90.5 Å². The van der Waals surface area contributed by atoms with Crippen molar-refractivity contribution in [2.75, 3.05) is 5.75 Å². The highest BCUT2D eigenvalue weighted by molar-refractivity contribution is 7.99. The molecule has 7 heteroatoms. The number of carbonyl (C=O) groups excluding carboxylic acids is 1. The maximum atomic E-state index is 13.1. The second kappa shape index (κ2) is 8.20. The third-order valence-corrected chi connectivity index (χ3v) is 6.03. The van der Waals surface area contributed by atoms with Crippen LogP contribution in [0, 0.1) is 0 Å². The van der Waals surface area contributed by atoms with Crippen LogP contribution >= 0.6 is 11.8 Å². The molecule has 0 aliphatic carbocycles. The SMILES string of the molecule is Cn1cc(C(=O)CSc2nnc(-c3cccnc3)n2-c2ccccc2)c2ccccc21. The minimum Gasteiger partial charge on any atom is -0.350 e. The average molecular weight is 426 g/mol. The van der Waals surface area contributed by atoms with Crippen molar-refractivity contribution in [3.63, 3.8) is 0 Å². The molecule has 6 nitrogen and oxygen atoms in total. The minimum absolute atomic E-state index is 0.0624. The summed E-state index contributed by atoms with van der Waals surface area (Å²) < 4.78 is 3.96. The number of benzene rings is 2. The van der Waals surface area contributed by atoms with Gasteiger partial charge >= 0.3 is 0 Å². The first kappa shape index (κ1) is 19.3. The first-order chi connectivity index (χ1) is 15.2. The highest BCUT2D eigenvalue weighted by Gasteiger charge is 2.19. The van der Waals surface area contributed by atoms with Gasteiger partial charge in [-0.05, 0) is 30.3 Å². The van der Waals surface area contributed by atoms with Gasteiger partial charge in [-0.15, -0.1) is 10.2 Å². The molecule has 0 amide bonds. The summed E-state index contributed by atoms with van der Waals surface area (Å²) in [4.78, 5) is 17.3. The molecule has 0 fully saturated rings. The number of carbonyl (C=O) groups is 1. The van der Waals surface area contributed by atoms with Crippen molar-refractivity contribution in [3.05, 3.63) is 90.9 Å². The van der Waals surface area contributed by atoms with Crippen molar-refractivity contribution in [1.82, 2.24) is 24.3 Å². The van der Waals surface area contributed by atoms with E-state index in [4.69, 9.17) is 0 Å². The summed E-state index contributed by atoms with van der Waals surface area (Å²) in [5, 5.41) is 10.4. The second-order valence-corrected chi connectivity index (χ2v) is 8.04. The topological polar surface area (TPSA) is 65.6 Å². The molecule has 0 N–H and O–H groups in total. The van der Waals surface area contributed by atoms with Gasteiger partial charge in [-0.25, -0.2) is 0 Å². The maximum absolute atomic E-state index is 13.1. The fourth-order valence-corrected chi connectivity index (χ4v) is 4.46. The van der Waals surface area contributed by atoms with Gasteiger partial charge in [0, 0.05) is 53.4 Å². The molecule has 0 unspecified atom stereocenters. The highest BCUT2D eigenvalue weighted by atomic mass is 32.2. The summed E-state index contributed by atoms with van der Waals surface area (Å²) in [5.41, 5.74) is 3.57. The zero-order valence-corrected chi connectivity index (χ0v) is 17.7. The van der Waals surface area contributed by atoms with Crippen molar-refractivity contribution in [3.8, 4) is 17.1 Å². The van der Waals surface area contributed by atoms with E-state index in [1.165, 1.54) is 11.8 Å². The molecule has 3 aromatic heterocycles. The summed E-state index contributed by atoms with van der Waals surface area (Å²) in [6.45, 7) is 0. The van der Waals surface area contributed by atoms with Crippen LogP contribution in [-0.2, 0) is 7.05 Å². The van der Waals surface area contributed by atoms with Crippen LogP contribution in [0.4, 0.5) is 0 Å². The Labute approximate surface area is 183 Å². The van der Waals surface area contributed by atoms with E-state index in [9.17, 15) is 4.79 Å². The van der Waals surface area contributed by atoms with E-state index in [0.717, 1.165) is 27.7 Å². The fraction of sp³-hybridized carbons (Fsp3) is 0.0833. The molecule has 0 saturated carbocycles. The minimum atomic E-state index is 0.0624. The van der Waals surface area contributed by atoms with E-state index in [2.05, 4.69) is 15.2 Å². The molecular weight excluding hydrogens is 406 g/mol. The summed E-state index contributed by atoms with van der Waals surface area (Å²) >= 11 is 1.39. The van der Waals surface area contributed by atoms with Gasteiger partial charge in [-0.2, -0.15) is 0 Å². The van der Waals surface area contributed by atoms with Gasteiger partial charge in [0.15, 0.2) is 16.8 Å². The lowest BCUT2D eigenvalue weighted by Crippen LogP contribution is -2.04. The van der Waals surface area contributed by atoms with Crippen LogP contribution in [0.1, 0.15) is 10.4 Å². The van der Waals surface area contributed by atoms with E-state index in [-0.39, 0.29) is 11.5 Å². The lowest BCUT2D eigenvalue weighted by molar-refractivity contribution is 0.102. The molecule has 5 aromatic rings. The Balaban J connectivity index is 1.48. The quantitative estimate of drug-likeness (QED) is 0.289. The third-order valence-electron chi connectivity index (χ3n) is 5.10. The van der Waals surface area contributed by atoms with Crippen molar-refractivity contribution in [1.29, 1.82) is 0 Å². The molecule has 0 atom stereocenters. The Bertz CT molecular complexity index is 1360. The first-order valence-corrected chi connectivity index (χ1v) is 10.8. The van der Waals surface area contributed by atoms with Crippen molar-refractivity contribution < 1.29 is 4.79 Å². The number of rotatable bonds is 6. The largest absolute Gasteiger partial charge is 0.350 e. The molecule has 2 aromatic carbocycles. The third kappa shape index (κ3) is 3.64. The number of para-hydroxylation sites is 2. The van der Waals surface area contributed by atoms with Crippen molar-refractivity contribution >= 4 is 28.4 Å². The van der Waals surface area contributed by atoms with E-state index in [1.54, 1.807) is 12.4 Å². The van der Waals surface area contributed by atoms with Gasteiger partial charge in [-0.3, -0.25) is 14.3 Å². The maximum Gasteiger partial charge on any atom is 0.196 e. The Morgan fingerprint density at radius 2 is 1.77 bits per heavy atom. The van der Waals surface area contributed by atoms with Crippen LogP contribution in [0.5, 0.6) is 0 Å². The molecule has 0 spiro atoms. The predicted molar refractivity (Wildman–Crippen MR) is 123 cm³/mol. The molecule has 31 heavy (non-hydrogen) atoms. The molecular formula is C24H19N5OS. The fourth-order valence-electron chi connectivity index (χ4n) is 3.63. The lowest BCUT2D eigenvalue weighted by atomic mass is 10.1. The van der Waals surface area contributed by atoms with Crippen LogP contribution in [0.3, 0.4) is 0 Å². The number of aryl methyl sites for hydroxylation is 1. The number of aromatic nitrogens is 5. The molecule has 0 aliphatic rings. The average Bonchev–Trinajstić information content (AvgIpc) is 3.40. The smallest absolute Gasteiger partial charge is 0.196 e.